The molecule has 2 aromatic carbocycles. The summed E-state index contributed by atoms with van der Waals surface area (Å²) in [5, 5.41) is 52.0. The van der Waals surface area contributed by atoms with Gasteiger partial charge in [0.2, 0.25) is 0 Å². The van der Waals surface area contributed by atoms with E-state index < -0.39 is 18.2 Å². The lowest BCUT2D eigenvalue weighted by molar-refractivity contribution is -0.139. The zero-order chi connectivity index (χ0) is 35.5. The minimum absolute atomic E-state index is 0.00533. The first-order valence-electron chi connectivity index (χ1n) is 18.6. The van der Waals surface area contributed by atoms with Crippen LogP contribution in [0.1, 0.15) is 73.6 Å². The highest BCUT2D eigenvalue weighted by molar-refractivity contribution is 8.76. The third kappa shape index (κ3) is 11.0. The molecule has 2 aliphatic carbocycles. The number of benzene rings is 2. The highest BCUT2D eigenvalue weighted by Gasteiger charge is 2.39. The van der Waals surface area contributed by atoms with Gasteiger partial charge in [-0.15, -0.1) is 0 Å². The maximum Gasteiger partial charge on any atom is 0.303 e. The lowest BCUT2D eigenvalue weighted by atomic mass is 9.63. The van der Waals surface area contributed by atoms with Gasteiger partial charge in [0.15, 0.2) is 0 Å². The maximum absolute atomic E-state index is 12.3. The Balaban J connectivity index is 1.47. The van der Waals surface area contributed by atoms with Crippen molar-refractivity contribution in [2.75, 3.05) is 12.3 Å². The van der Waals surface area contributed by atoms with E-state index in [1.807, 2.05) is 39.8 Å². The number of aliphatic hydroxyl groups is 4. The van der Waals surface area contributed by atoms with Gasteiger partial charge < -0.3 is 31.3 Å². The third-order valence-corrected chi connectivity index (χ3v) is 14.0. The molecule has 7 N–H and O–H groups in total. The molecule has 0 aromatic heterocycles. The molecule has 2 aromatic rings. The van der Waals surface area contributed by atoms with Crippen LogP contribution in [0.4, 0.5) is 0 Å². The molecule has 0 unspecified atom stereocenters. The van der Waals surface area contributed by atoms with Gasteiger partial charge in [-0.1, -0.05) is 94.4 Å². The molecule has 50 heavy (non-hydrogen) atoms. The van der Waals surface area contributed by atoms with Gasteiger partial charge in [0.25, 0.3) is 0 Å². The molecule has 0 saturated heterocycles. The van der Waals surface area contributed by atoms with Gasteiger partial charge in [-0.05, 0) is 128 Å². The van der Waals surface area contributed by atoms with E-state index in [1.165, 1.54) is 16.7 Å². The molecule has 8 atom stereocenters. The van der Waals surface area contributed by atoms with Crippen LogP contribution in [0.25, 0.3) is 0 Å². The molecule has 0 amide bonds. The molecule has 2 bridgehead atoms. The second-order valence-electron chi connectivity index (χ2n) is 14.9. The highest BCUT2D eigenvalue weighted by atomic mass is 33.1. The molecular formula is C41H57NO6S2. The van der Waals surface area contributed by atoms with Gasteiger partial charge in [-0.3, -0.25) is 4.79 Å². The third-order valence-electron chi connectivity index (χ3n) is 11.6. The standard InChI is InChI=1S/C41H57NO6S2/c42-18-17-37-32-11-12-33(38(37)23-40(46)47)21-30-7-1-2-8-34(30)25-49-50-26-35(20-27-5-3-6-28(19-27)24-43)31(22-32)9-4-10-39(45)41(48)29-13-15-36(44)16-14-29/h1-8,10-12,19,29,31-33,35-39,41,43-45,48H,9,13-18,20-26,42H2,(H,46,47)/b10-4-/t29?,31-,32+,33+,35-,36?,37-,38+,39+,41-/m1/s1. The first-order chi connectivity index (χ1) is 24.2. The van der Waals surface area contributed by atoms with E-state index in [1.54, 1.807) is 6.08 Å². The SMILES string of the molecule is NCC[C@H]1[C@@H](CC(=O)O)[C@H]2C=C[C@H]1C[C@@H](C/C=C\[C@H](O)[C@H](O)C1CCC(O)CC1)[C@H](Cc1cccc(CO)c1)CSSCc1ccccc1C2. The number of hydrogen-bond donors (Lipinski definition) is 6. The van der Waals surface area contributed by atoms with Gasteiger partial charge >= 0.3 is 5.97 Å². The van der Waals surface area contributed by atoms with Gasteiger partial charge in [-0.2, -0.15) is 0 Å². The Kier molecular flexibility index (Phi) is 15.4. The quantitative estimate of drug-likeness (QED) is 0.106. The van der Waals surface area contributed by atoms with Crippen LogP contribution in [-0.2, 0) is 30.0 Å². The number of hydrogen-bond acceptors (Lipinski definition) is 8. The number of carbonyl (C=O) groups is 1. The van der Waals surface area contributed by atoms with Gasteiger partial charge in [0.1, 0.15) is 0 Å². The fourth-order valence-electron chi connectivity index (χ4n) is 8.77. The first kappa shape index (κ1) is 39.1. The summed E-state index contributed by atoms with van der Waals surface area (Å²) in [6, 6.07) is 16.8. The molecule has 274 valence electrons. The van der Waals surface area contributed by atoms with Gasteiger partial charge in [0, 0.05) is 17.9 Å². The lowest BCUT2D eigenvalue weighted by Gasteiger charge is -2.42. The van der Waals surface area contributed by atoms with Crippen molar-refractivity contribution in [3.05, 3.63) is 95.1 Å². The summed E-state index contributed by atoms with van der Waals surface area (Å²) in [6.45, 7) is 0.500. The highest BCUT2D eigenvalue weighted by Crippen LogP contribution is 2.46. The number of nitrogens with two attached hydrogens (primary N) is 1. The predicted octanol–water partition coefficient (Wildman–Crippen LogP) is 6.56. The Morgan fingerprint density at radius 2 is 1.66 bits per heavy atom. The fourth-order valence-corrected chi connectivity index (χ4v) is 11.4. The topological polar surface area (TPSA) is 144 Å². The number of carboxylic acids is 1. The normalized spacial score (nSPS) is 30.4. The predicted molar refractivity (Wildman–Crippen MR) is 204 cm³/mol. The van der Waals surface area contributed by atoms with Gasteiger partial charge in [-0.25, -0.2) is 0 Å². The van der Waals surface area contributed by atoms with Crippen molar-refractivity contribution in [1.82, 2.24) is 0 Å². The number of fused-ring (bicyclic) bond motifs is 7. The van der Waals surface area contributed by atoms with Crippen LogP contribution in [-0.4, -0.2) is 62.1 Å². The molecule has 2 aliphatic heterocycles. The van der Waals surface area contributed by atoms with E-state index in [0.717, 1.165) is 49.2 Å². The largest absolute Gasteiger partial charge is 0.481 e. The van der Waals surface area contributed by atoms with Crippen molar-refractivity contribution in [3.8, 4) is 0 Å². The minimum atomic E-state index is -0.973. The van der Waals surface area contributed by atoms with Gasteiger partial charge in [0.05, 0.1) is 24.9 Å². The van der Waals surface area contributed by atoms with Crippen molar-refractivity contribution >= 4 is 27.6 Å². The van der Waals surface area contributed by atoms with Crippen LogP contribution in [0.3, 0.4) is 0 Å². The summed E-state index contributed by atoms with van der Waals surface area (Å²) in [7, 11) is 3.78. The summed E-state index contributed by atoms with van der Waals surface area (Å²) in [4.78, 5) is 12.3. The summed E-state index contributed by atoms with van der Waals surface area (Å²) < 4.78 is 0. The molecule has 1 saturated carbocycles. The number of aliphatic carboxylic acids is 1. The van der Waals surface area contributed by atoms with E-state index >= 15 is 0 Å². The van der Waals surface area contributed by atoms with E-state index in [-0.39, 0.29) is 60.6 Å². The van der Waals surface area contributed by atoms with E-state index in [4.69, 9.17) is 5.73 Å². The second-order valence-corrected chi connectivity index (χ2v) is 17.4. The zero-order valence-electron chi connectivity index (χ0n) is 29.1. The molecule has 2 heterocycles. The number of allylic oxidation sites excluding steroid dienone is 3. The summed E-state index contributed by atoms with van der Waals surface area (Å²) >= 11 is 0. The molecule has 7 nitrogen and oxygen atoms in total. The minimum Gasteiger partial charge on any atom is -0.481 e. The van der Waals surface area contributed by atoms with Crippen molar-refractivity contribution in [2.45, 2.75) is 94.9 Å². The van der Waals surface area contributed by atoms with Crippen LogP contribution in [0, 0.1) is 41.4 Å². The molecule has 4 aliphatic rings. The fraction of sp³-hybridized carbons (Fsp3) is 0.585. The molecule has 0 spiro atoms. The second kappa shape index (κ2) is 19.6. The number of rotatable bonds is 12. The summed E-state index contributed by atoms with van der Waals surface area (Å²) in [5.41, 5.74) is 10.9. The van der Waals surface area contributed by atoms with Crippen LogP contribution < -0.4 is 5.73 Å². The Labute approximate surface area is 306 Å². The molecule has 1 fully saturated rings. The average Bonchev–Trinajstić information content (AvgIpc) is 3.11. The van der Waals surface area contributed by atoms with E-state index in [0.29, 0.717) is 32.2 Å². The Bertz CT molecular complexity index is 1410. The smallest absolute Gasteiger partial charge is 0.303 e. The van der Waals surface area contributed by atoms with Crippen LogP contribution in [0.15, 0.2) is 72.8 Å². The Morgan fingerprint density at radius 3 is 2.40 bits per heavy atom. The van der Waals surface area contributed by atoms with Crippen LogP contribution in [0.2, 0.25) is 0 Å². The Hall–Kier alpha value is -2.11. The molecular weight excluding hydrogens is 667 g/mol. The van der Waals surface area contributed by atoms with Crippen molar-refractivity contribution in [2.24, 2.45) is 47.2 Å². The van der Waals surface area contributed by atoms with Crippen molar-refractivity contribution < 1.29 is 30.3 Å². The summed E-state index contributed by atoms with van der Waals surface area (Å²) in [5.74, 6) is 1.90. The van der Waals surface area contributed by atoms with Crippen molar-refractivity contribution in [1.29, 1.82) is 0 Å². The lowest BCUT2D eigenvalue weighted by Crippen LogP contribution is -2.37. The van der Waals surface area contributed by atoms with Crippen molar-refractivity contribution in [3.63, 3.8) is 0 Å². The van der Waals surface area contributed by atoms with Crippen LogP contribution in [0.5, 0.6) is 0 Å². The first-order valence-corrected chi connectivity index (χ1v) is 21.0. The zero-order valence-corrected chi connectivity index (χ0v) is 30.8. The van der Waals surface area contributed by atoms with E-state index in [9.17, 15) is 30.3 Å². The number of aliphatic hydroxyl groups excluding tert-OH is 4. The van der Waals surface area contributed by atoms with E-state index in [2.05, 4.69) is 48.6 Å². The maximum atomic E-state index is 12.3. The molecule has 0 radical (unpaired) electrons. The molecule has 6 rings (SSSR count). The summed E-state index contributed by atoms with van der Waals surface area (Å²) in [6.07, 6.45) is 13.2. The number of carboxylic acid groups (broad SMARTS) is 1. The van der Waals surface area contributed by atoms with Crippen LogP contribution >= 0.6 is 21.6 Å². The Morgan fingerprint density at radius 1 is 0.920 bits per heavy atom. The average molecular weight is 724 g/mol. The monoisotopic (exact) mass is 723 g/mol. The molecule has 9 heteroatoms.